The van der Waals surface area contributed by atoms with Crippen LogP contribution in [-0.2, 0) is 18.4 Å². The molecule has 2 nitrogen and oxygen atoms in total. The highest BCUT2D eigenvalue weighted by Crippen LogP contribution is 2.35. The predicted molar refractivity (Wildman–Crippen MR) is 83.9 cm³/mol. The van der Waals surface area contributed by atoms with Crippen LogP contribution in [-0.4, -0.2) is 11.5 Å². The van der Waals surface area contributed by atoms with Crippen molar-refractivity contribution in [3.8, 4) is 0 Å². The van der Waals surface area contributed by atoms with Gasteiger partial charge in [-0.15, -0.1) is 11.3 Å². The largest absolute Gasteiger partial charge is 0.306 e. The number of hydrogen-bond donors (Lipinski definition) is 1. The topological polar surface area (TPSA) is 24.9 Å². The van der Waals surface area contributed by atoms with Gasteiger partial charge < -0.3 is 5.32 Å². The fourth-order valence-corrected chi connectivity index (χ4v) is 4.32. The maximum Gasteiger partial charge on any atom is 0.113 e. The lowest BCUT2D eigenvalue weighted by Gasteiger charge is -2.30. The third-order valence-electron chi connectivity index (χ3n) is 3.90. The highest BCUT2D eigenvalue weighted by Gasteiger charge is 2.31. The number of fused-ring (bicyclic) bond motifs is 1. The highest BCUT2D eigenvalue weighted by atomic mass is 32.1. The van der Waals surface area contributed by atoms with Gasteiger partial charge in [0, 0.05) is 4.88 Å². The molecule has 108 valence electrons. The summed E-state index contributed by atoms with van der Waals surface area (Å²) in [6.45, 7) is 10.3. The molecule has 1 atom stereocenters. The van der Waals surface area contributed by atoms with E-state index in [4.69, 9.17) is 4.98 Å². The lowest BCUT2D eigenvalue weighted by molar-refractivity contribution is 0.297. The zero-order chi connectivity index (χ0) is 13.9. The zero-order valence-corrected chi connectivity index (χ0v) is 13.7. The minimum Gasteiger partial charge on any atom is -0.306 e. The smallest absolute Gasteiger partial charge is 0.113 e. The first-order chi connectivity index (χ1) is 9.05. The summed E-state index contributed by atoms with van der Waals surface area (Å²) in [6, 6.07) is 0. The Morgan fingerprint density at radius 3 is 2.68 bits per heavy atom. The molecule has 0 fully saturated rings. The monoisotopic (exact) mass is 280 g/mol. The molecule has 1 aliphatic carbocycles. The molecule has 2 rings (SSSR count). The first-order valence-electron chi connectivity index (χ1n) is 7.79. The summed E-state index contributed by atoms with van der Waals surface area (Å²) in [7, 11) is 0. The van der Waals surface area contributed by atoms with E-state index in [9.17, 15) is 0 Å². The quantitative estimate of drug-likeness (QED) is 0.841. The van der Waals surface area contributed by atoms with Gasteiger partial charge in [-0.2, -0.15) is 0 Å². The van der Waals surface area contributed by atoms with Crippen molar-refractivity contribution in [2.24, 2.45) is 5.92 Å². The molecule has 1 aromatic rings. The van der Waals surface area contributed by atoms with Gasteiger partial charge in [0.15, 0.2) is 0 Å². The zero-order valence-electron chi connectivity index (χ0n) is 12.9. The van der Waals surface area contributed by atoms with Gasteiger partial charge in [0.2, 0.25) is 0 Å². The van der Waals surface area contributed by atoms with Crippen LogP contribution in [0.3, 0.4) is 0 Å². The van der Waals surface area contributed by atoms with Crippen molar-refractivity contribution in [3.05, 3.63) is 15.6 Å². The molecule has 1 unspecified atom stereocenters. The molecule has 0 saturated heterocycles. The third kappa shape index (κ3) is 3.57. The minimum absolute atomic E-state index is 0.0617. The average Bonchev–Trinajstić information content (AvgIpc) is 2.80. The Hall–Kier alpha value is -0.410. The molecular formula is C16H28N2S. The summed E-state index contributed by atoms with van der Waals surface area (Å²) < 4.78 is 0. The summed E-state index contributed by atoms with van der Waals surface area (Å²) in [5, 5.41) is 5.07. The van der Waals surface area contributed by atoms with Crippen LogP contribution in [0.5, 0.6) is 0 Å². The average molecular weight is 280 g/mol. The molecule has 1 heterocycles. The van der Waals surface area contributed by atoms with Crippen molar-refractivity contribution in [1.82, 2.24) is 10.3 Å². The molecule has 1 aromatic heterocycles. The van der Waals surface area contributed by atoms with Crippen molar-refractivity contribution in [2.45, 2.75) is 71.8 Å². The SMILES string of the molecule is CCCNC(C)(CC(C)C)c1nc2c(s1)CCCC2. The first-order valence-corrected chi connectivity index (χ1v) is 8.61. The Labute approximate surface area is 122 Å². The Morgan fingerprint density at radius 2 is 2.05 bits per heavy atom. The van der Waals surface area contributed by atoms with Gasteiger partial charge in [-0.1, -0.05) is 20.8 Å². The van der Waals surface area contributed by atoms with E-state index in [0.29, 0.717) is 5.92 Å². The normalized spacial score (nSPS) is 18.4. The number of hydrogen-bond acceptors (Lipinski definition) is 3. The first kappa shape index (κ1) is 15.0. The van der Waals surface area contributed by atoms with Gasteiger partial charge in [0.25, 0.3) is 0 Å². The van der Waals surface area contributed by atoms with E-state index in [2.05, 4.69) is 33.0 Å². The van der Waals surface area contributed by atoms with Crippen molar-refractivity contribution in [1.29, 1.82) is 0 Å². The van der Waals surface area contributed by atoms with Gasteiger partial charge in [-0.05, 0) is 57.9 Å². The van der Waals surface area contributed by atoms with Gasteiger partial charge in [0.1, 0.15) is 5.01 Å². The van der Waals surface area contributed by atoms with Crippen LogP contribution < -0.4 is 5.32 Å². The van der Waals surface area contributed by atoms with Crippen LogP contribution in [0.2, 0.25) is 0 Å². The van der Waals surface area contributed by atoms with Crippen molar-refractivity contribution >= 4 is 11.3 Å². The summed E-state index contributed by atoms with van der Waals surface area (Å²) in [5.41, 5.74) is 1.45. The Kier molecular flexibility index (Phi) is 5.02. The lowest BCUT2D eigenvalue weighted by Crippen LogP contribution is -2.41. The maximum atomic E-state index is 4.98. The molecule has 0 bridgehead atoms. The van der Waals surface area contributed by atoms with Crippen molar-refractivity contribution < 1.29 is 0 Å². The second kappa shape index (κ2) is 6.36. The van der Waals surface area contributed by atoms with E-state index in [-0.39, 0.29) is 5.54 Å². The molecule has 0 spiro atoms. The second-order valence-corrected chi connectivity index (χ2v) is 7.54. The molecular weight excluding hydrogens is 252 g/mol. The van der Waals surface area contributed by atoms with Crippen LogP contribution in [0.4, 0.5) is 0 Å². The van der Waals surface area contributed by atoms with Crippen LogP contribution in [0, 0.1) is 5.92 Å². The number of thiazole rings is 1. The van der Waals surface area contributed by atoms with E-state index in [1.807, 2.05) is 11.3 Å². The minimum atomic E-state index is 0.0617. The number of rotatable bonds is 6. The number of aryl methyl sites for hydroxylation is 2. The number of nitrogens with one attached hydrogen (secondary N) is 1. The summed E-state index contributed by atoms with van der Waals surface area (Å²) in [5.74, 6) is 0.690. The molecule has 0 aromatic carbocycles. The molecule has 0 aliphatic heterocycles. The van der Waals surface area contributed by atoms with Gasteiger partial charge in [-0.3, -0.25) is 0 Å². The third-order valence-corrected chi connectivity index (χ3v) is 5.32. The highest BCUT2D eigenvalue weighted by molar-refractivity contribution is 7.11. The van der Waals surface area contributed by atoms with E-state index >= 15 is 0 Å². The Bertz CT molecular complexity index is 387. The standard InChI is InChI=1S/C16H28N2S/c1-5-10-17-16(4,11-12(2)3)15-18-13-8-6-7-9-14(13)19-15/h12,17H,5-11H2,1-4H3. The number of nitrogens with zero attached hydrogens (tertiary/aromatic N) is 1. The molecule has 0 saturated carbocycles. The molecule has 19 heavy (non-hydrogen) atoms. The van der Waals surface area contributed by atoms with E-state index in [1.54, 1.807) is 4.88 Å². The van der Waals surface area contributed by atoms with E-state index < -0.39 is 0 Å². The fourth-order valence-electron chi connectivity index (χ4n) is 3.04. The predicted octanol–water partition coefficient (Wildman–Crippen LogP) is 4.28. The fraction of sp³-hybridized carbons (Fsp3) is 0.812. The summed E-state index contributed by atoms with van der Waals surface area (Å²) in [6.07, 6.45) is 7.45. The molecule has 0 amide bonds. The van der Waals surface area contributed by atoms with E-state index in [0.717, 1.165) is 6.54 Å². The number of aromatic nitrogens is 1. The van der Waals surface area contributed by atoms with Gasteiger partial charge in [0.05, 0.1) is 11.2 Å². The van der Waals surface area contributed by atoms with Crippen molar-refractivity contribution in [3.63, 3.8) is 0 Å². The molecule has 0 radical (unpaired) electrons. The summed E-state index contributed by atoms with van der Waals surface area (Å²) >= 11 is 1.96. The second-order valence-electron chi connectivity index (χ2n) is 6.45. The van der Waals surface area contributed by atoms with Crippen LogP contribution >= 0.6 is 11.3 Å². The van der Waals surface area contributed by atoms with Crippen molar-refractivity contribution in [2.75, 3.05) is 6.54 Å². The van der Waals surface area contributed by atoms with Crippen LogP contribution in [0.25, 0.3) is 0 Å². The lowest BCUT2D eigenvalue weighted by atomic mass is 9.91. The molecule has 3 heteroatoms. The van der Waals surface area contributed by atoms with Gasteiger partial charge in [-0.25, -0.2) is 4.98 Å². The van der Waals surface area contributed by atoms with E-state index in [1.165, 1.54) is 49.2 Å². The molecule has 1 aliphatic rings. The Balaban J connectivity index is 2.23. The maximum absolute atomic E-state index is 4.98. The Morgan fingerprint density at radius 1 is 1.32 bits per heavy atom. The van der Waals surface area contributed by atoms with Crippen LogP contribution in [0.15, 0.2) is 0 Å². The summed E-state index contributed by atoms with van der Waals surface area (Å²) in [4.78, 5) is 6.54. The van der Waals surface area contributed by atoms with Gasteiger partial charge >= 0.3 is 0 Å². The van der Waals surface area contributed by atoms with Crippen LogP contribution in [0.1, 0.15) is 69.0 Å². The molecule has 1 N–H and O–H groups in total.